The average molecular weight is 887 g/mol. The summed E-state index contributed by atoms with van der Waals surface area (Å²) in [5.41, 5.74) is -4.56. The predicted molar refractivity (Wildman–Crippen MR) is 232 cm³/mol. The number of nitrogens with zero attached hydrogens (tertiary/aromatic N) is 2. The van der Waals surface area contributed by atoms with Gasteiger partial charge in [0.25, 0.3) is 0 Å². The summed E-state index contributed by atoms with van der Waals surface area (Å²) >= 11 is 0. The van der Waals surface area contributed by atoms with Gasteiger partial charge in [-0.25, -0.2) is 0 Å². The van der Waals surface area contributed by atoms with Crippen LogP contribution in [-0.2, 0) is 42.8 Å². The zero-order valence-corrected chi connectivity index (χ0v) is 39.9. The summed E-state index contributed by atoms with van der Waals surface area (Å²) in [6, 6.07) is -0.331. The minimum absolute atomic E-state index is 0.0171. The van der Waals surface area contributed by atoms with E-state index in [1.807, 2.05) is 46.7 Å². The molecule has 4 fully saturated rings. The fourth-order valence-corrected chi connectivity index (χ4v) is 10.2. The number of aliphatic hydroxyl groups is 5. The van der Waals surface area contributed by atoms with Gasteiger partial charge in [0.1, 0.15) is 17.8 Å². The lowest BCUT2D eigenvalue weighted by Crippen LogP contribution is -2.61. The zero-order valence-electron chi connectivity index (χ0n) is 39.9. The van der Waals surface area contributed by atoms with Crippen molar-refractivity contribution >= 4 is 11.7 Å². The van der Waals surface area contributed by atoms with E-state index in [4.69, 9.17) is 43.2 Å². The molecule has 0 spiro atoms. The monoisotopic (exact) mass is 887 g/mol. The first kappa shape index (κ1) is 52.8. The molecule has 4 aliphatic rings. The molecule has 0 bridgehead atoms. The Hall–Kier alpha value is -1.80. The number of hydrogen-bond acceptors (Lipinski definition) is 16. The number of hydrogen-bond donors (Lipinski definition) is 5. The van der Waals surface area contributed by atoms with Gasteiger partial charge in [0, 0.05) is 37.3 Å². The molecule has 20 atom stereocenters. The zero-order chi connectivity index (χ0) is 46.6. The Kier molecular flexibility index (Phi) is 18.5. The molecule has 1 saturated carbocycles. The van der Waals surface area contributed by atoms with E-state index in [-0.39, 0.29) is 43.3 Å². The van der Waals surface area contributed by atoms with Gasteiger partial charge in [-0.2, -0.15) is 0 Å². The summed E-state index contributed by atoms with van der Waals surface area (Å²) in [5, 5.41) is 64.6. The lowest BCUT2D eigenvalue weighted by Gasteiger charge is -2.49. The van der Waals surface area contributed by atoms with Gasteiger partial charge in [-0.05, 0) is 108 Å². The van der Waals surface area contributed by atoms with E-state index in [2.05, 4.69) is 6.58 Å². The molecule has 1 aliphatic carbocycles. The first-order valence-electron chi connectivity index (χ1n) is 22.8. The van der Waals surface area contributed by atoms with Crippen molar-refractivity contribution in [3.8, 4) is 0 Å². The molecule has 0 radical (unpaired) electrons. The van der Waals surface area contributed by atoms with Gasteiger partial charge >= 0.3 is 5.97 Å². The Bertz CT molecular complexity index is 1480. The fourth-order valence-electron chi connectivity index (χ4n) is 10.2. The third kappa shape index (κ3) is 12.1. The quantitative estimate of drug-likeness (QED) is 0.113. The highest BCUT2D eigenvalue weighted by molar-refractivity contribution is 5.88. The van der Waals surface area contributed by atoms with Crippen molar-refractivity contribution < 1.29 is 68.3 Å². The number of aliphatic hydroxyl groups excluding tert-OH is 3. The Morgan fingerprint density at radius 1 is 0.903 bits per heavy atom. The Labute approximate surface area is 370 Å². The normalized spacial score (nSPS) is 47.5. The lowest BCUT2D eigenvalue weighted by atomic mass is 9.74. The van der Waals surface area contributed by atoms with E-state index in [1.54, 1.807) is 41.5 Å². The highest BCUT2D eigenvalue weighted by atomic mass is 16.7. The van der Waals surface area contributed by atoms with Crippen LogP contribution in [-0.4, -0.2) is 166 Å². The molecule has 0 amide bonds. The molecule has 3 heterocycles. The first-order valence-corrected chi connectivity index (χ1v) is 22.8. The maximum absolute atomic E-state index is 14.4. The van der Waals surface area contributed by atoms with Crippen LogP contribution in [0.15, 0.2) is 17.8 Å². The van der Waals surface area contributed by atoms with E-state index in [9.17, 15) is 30.3 Å². The van der Waals surface area contributed by atoms with Crippen LogP contribution in [0.2, 0.25) is 0 Å². The largest absolute Gasteiger partial charge is 0.455 e. The summed E-state index contributed by atoms with van der Waals surface area (Å²) in [6.07, 6.45) is -5.89. The molecular formula is C46H82N2O14. The number of oxime groups is 1. The van der Waals surface area contributed by atoms with E-state index in [0.717, 1.165) is 19.3 Å². The van der Waals surface area contributed by atoms with E-state index in [0.29, 0.717) is 18.6 Å². The van der Waals surface area contributed by atoms with Gasteiger partial charge in [-0.1, -0.05) is 38.9 Å². The van der Waals surface area contributed by atoms with Crippen molar-refractivity contribution in [2.24, 2.45) is 28.8 Å². The first-order chi connectivity index (χ1) is 28.8. The Morgan fingerprint density at radius 3 is 2.11 bits per heavy atom. The Balaban J connectivity index is 1.88. The highest BCUT2D eigenvalue weighted by Crippen LogP contribution is 2.41. The van der Waals surface area contributed by atoms with Gasteiger partial charge in [0.05, 0.1) is 65.6 Å². The van der Waals surface area contributed by atoms with Crippen molar-refractivity contribution in [2.45, 2.75) is 224 Å². The molecule has 360 valence electrons. The highest BCUT2D eigenvalue weighted by Gasteiger charge is 2.53. The minimum Gasteiger partial charge on any atom is -0.455 e. The van der Waals surface area contributed by atoms with Crippen LogP contribution in [0.25, 0.3) is 0 Å². The number of methoxy groups -OCH3 is 1. The van der Waals surface area contributed by atoms with Crippen LogP contribution in [0.1, 0.15) is 121 Å². The van der Waals surface area contributed by atoms with Crippen LogP contribution in [0.5, 0.6) is 0 Å². The van der Waals surface area contributed by atoms with Crippen molar-refractivity contribution in [3.05, 3.63) is 12.7 Å². The summed E-state index contributed by atoms with van der Waals surface area (Å²) in [4.78, 5) is 22.7. The molecule has 0 aromatic carbocycles. The van der Waals surface area contributed by atoms with Crippen molar-refractivity contribution in [1.82, 2.24) is 4.90 Å². The summed E-state index contributed by atoms with van der Waals surface area (Å²) in [5.74, 6) is -4.26. The second-order valence-electron chi connectivity index (χ2n) is 20.0. The third-order valence-electron chi connectivity index (χ3n) is 14.0. The van der Waals surface area contributed by atoms with Crippen molar-refractivity contribution in [1.29, 1.82) is 0 Å². The summed E-state index contributed by atoms with van der Waals surface area (Å²) in [7, 11) is 5.23. The number of ether oxygens (including phenoxy) is 7. The molecular weight excluding hydrogens is 805 g/mol. The molecule has 5 N–H and O–H groups in total. The van der Waals surface area contributed by atoms with Crippen LogP contribution in [0.4, 0.5) is 0 Å². The van der Waals surface area contributed by atoms with E-state index in [1.165, 1.54) is 20.1 Å². The van der Waals surface area contributed by atoms with Crippen LogP contribution in [0, 0.1) is 23.7 Å². The molecule has 0 aromatic rings. The predicted octanol–water partition coefficient (Wildman–Crippen LogP) is 4.10. The number of cyclic esters (lactones) is 1. The fraction of sp³-hybridized carbons (Fsp3) is 0.913. The molecule has 16 heteroatoms. The smallest absolute Gasteiger partial charge is 0.312 e. The Morgan fingerprint density at radius 2 is 1.53 bits per heavy atom. The number of likely N-dealkylation sites (N-methyl/N-ethyl adjacent to an activating group) is 1. The van der Waals surface area contributed by atoms with E-state index < -0.39 is 102 Å². The summed E-state index contributed by atoms with van der Waals surface area (Å²) < 4.78 is 44.0. The van der Waals surface area contributed by atoms with Crippen molar-refractivity contribution in [2.75, 3.05) is 21.2 Å². The molecule has 0 aromatic heterocycles. The maximum Gasteiger partial charge on any atom is 0.312 e. The van der Waals surface area contributed by atoms with Crippen LogP contribution in [0.3, 0.4) is 0 Å². The van der Waals surface area contributed by atoms with Crippen LogP contribution >= 0.6 is 0 Å². The molecule has 3 saturated heterocycles. The minimum atomic E-state index is -2.07. The topological polar surface area (TPSA) is 208 Å². The molecule has 2 unspecified atom stereocenters. The lowest BCUT2D eigenvalue weighted by molar-refractivity contribution is -0.317. The van der Waals surface area contributed by atoms with Crippen molar-refractivity contribution in [3.63, 3.8) is 0 Å². The average Bonchev–Trinajstić information content (AvgIpc) is 3.19. The SMILES string of the molecule is C=C[C@H]1OC(=O)[C@H](C)[C@@H](O[C@H]2C[C@@](C)(OC)[C@@H](O)[C@H](C)O2)[C@H](C)[C@@H](O[C@@H]2O[C@H](C)C[C@H](N(C)C)[C@H]2O)[C@](C)(O)C[C@@H](C)/C(=N\OC2CCCCC2OC(C)C)[C@H](C)[C@@H](O)[C@]1(C)O. The molecule has 16 nitrogen and oxygen atoms in total. The number of rotatable bonds is 11. The standard InChI is InChI=1S/C46H82N2O14/c1-16-34-46(12,54)39(50)27(6)36(47-62-33-20-18-17-19-32(33)56-24(2)3)25(4)22-44(10,53)41(61-43-37(49)31(48(13)14)21-26(5)57-43)28(7)38(29(8)42(52)59-34)60-35-23-45(11,55-15)40(51)30(9)58-35/h16,24-35,37-41,43,49-51,53-54H,1,17-23H2,2-15H3/b47-36+/t25-,26-,27+,28+,29-,30+,31+,32?,33?,34-,35+,37-,38+,39-,40+,41-,43+,44-,45-,46-/m1/s1. The second kappa shape index (κ2) is 21.7. The molecule has 4 rings (SSSR count). The third-order valence-corrected chi connectivity index (χ3v) is 14.0. The van der Waals surface area contributed by atoms with Gasteiger partial charge in [0.15, 0.2) is 24.8 Å². The second-order valence-corrected chi connectivity index (χ2v) is 20.0. The number of carbonyl (C=O) groups excluding carboxylic acids is 1. The number of carbonyl (C=O) groups is 1. The van der Waals surface area contributed by atoms with Gasteiger partial charge < -0.3 is 68.4 Å². The summed E-state index contributed by atoms with van der Waals surface area (Å²) in [6.45, 7) is 23.1. The van der Waals surface area contributed by atoms with Crippen LogP contribution < -0.4 is 0 Å². The molecule has 3 aliphatic heterocycles. The van der Waals surface area contributed by atoms with Gasteiger partial charge in [0.2, 0.25) is 0 Å². The van der Waals surface area contributed by atoms with Gasteiger partial charge in [-0.15, -0.1) is 0 Å². The van der Waals surface area contributed by atoms with Gasteiger partial charge in [-0.3, -0.25) is 4.79 Å². The number of esters is 1. The molecule has 62 heavy (non-hydrogen) atoms. The van der Waals surface area contributed by atoms with E-state index >= 15 is 0 Å². The maximum atomic E-state index is 14.4.